The second kappa shape index (κ2) is 6.56. The maximum absolute atomic E-state index is 8.64. The first-order chi connectivity index (χ1) is 8.79. The summed E-state index contributed by atoms with van der Waals surface area (Å²) in [6.07, 6.45) is 6.89. The molecule has 0 amide bonds. The molecule has 0 aliphatic heterocycles. The predicted molar refractivity (Wildman–Crippen MR) is 74.2 cm³/mol. The van der Waals surface area contributed by atoms with E-state index in [1.54, 1.807) is 0 Å². The molecule has 1 aliphatic rings. The second-order valence-corrected chi connectivity index (χ2v) is 5.41. The third-order valence-corrected chi connectivity index (χ3v) is 3.85. The third-order valence-electron chi connectivity index (χ3n) is 3.85. The zero-order valence-electron chi connectivity index (χ0n) is 11.2. The minimum atomic E-state index is 0.490. The molecule has 1 fully saturated rings. The van der Waals surface area contributed by atoms with Crippen LogP contribution in [0.3, 0.4) is 0 Å². The van der Waals surface area contributed by atoms with E-state index in [4.69, 9.17) is 5.26 Å². The van der Waals surface area contributed by atoms with Gasteiger partial charge in [0.05, 0.1) is 12.6 Å². The number of benzene rings is 1. The summed E-state index contributed by atoms with van der Waals surface area (Å²) in [6.45, 7) is 1.35. The standard InChI is InChI=1S/C16H22N2/c1-18(12-11-17)13-14-7-9-16(10-8-14)15-5-3-2-4-6-15/h7-10,15H,2-6,12-13H2,1H3. The van der Waals surface area contributed by atoms with Gasteiger partial charge in [-0.15, -0.1) is 0 Å². The van der Waals surface area contributed by atoms with E-state index < -0.39 is 0 Å². The molecule has 0 saturated heterocycles. The molecule has 0 unspecified atom stereocenters. The van der Waals surface area contributed by atoms with E-state index in [9.17, 15) is 0 Å². The van der Waals surface area contributed by atoms with Crippen molar-refractivity contribution in [3.63, 3.8) is 0 Å². The fourth-order valence-electron chi connectivity index (χ4n) is 2.82. The molecule has 1 saturated carbocycles. The first-order valence-corrected chi connectivity index (χ1v) is 6.94. The van der Waals surface area contributed by atoms with Gasteiger partial charge in [0.1, 0.15) is 0 Å². The molecule has 0 radical (unpaired) electrons. The van der Waals surface area contributed by atoms with E-state index in [-0.39, 0.29) is 0 Å². The minimum Gasteiger partial charge on any atom is -0.289 e. The Bertz CT molecular complexity index is 396. The van der Waals surface area contributed by atoms with Crippen LogP contribution in [0, 0.1) is 11.3 Å². The molecule has 1 aromatic carbocycles. The first-order valence-electron chi connectivity index (χ1n) is 6.94. The molecular weight excluding hydrogens is 220 g/mol. The zero-order chi connectivity index (χ0) is 12.8. The van der Waals surface area contributed by atoms with Crippen LogP contribution in [0.5, 0.6) is 0 Å². The maximum atomic E-state index is 8.64. The number of rotatable bonds is 4. The molecule has 18 heavy (non-hydrogen) atoms. The van der Waals surface area contributed by atoms with Gasteiger partial charge in [0.2, 0.25) is 0 Å². The van der Waals surface area contributed by atoms with Crippen molar-refractivity contribution < 1.29 is 0 Å². The SMILES string of the molecule is CN(CC#N)Cc1ccc(C2CCCCC2)cc1. The lowest BCUT2D eigenvalue weighted by molar-refractivity contribution is 0.367. The van der Waals surface area contributed by atoms with Gasteiger partial charge >= 0.3 is 0 Å². The molecule has 0 spiro atoms. The quantitative estimate of drug-likeness (QED) is 0.753. The van der Waals surface area contributed by atoms with Crippen molar-refractivity contribution in [1.82, 2.24) is 4.90 Å². The highest BCUT2D eigenvalue weighted by Gasteiger charge is 2.15. The second-order valence-electron chi connectivity index (χ2n) is 5.41. The lowest BCUT2D eigenvalue weighted by Gasteiger charge is -2.22. The van der Waals surface area contributed by atoms with Crippen molar-refractivity contribution >= 4 is 0 Å². The van der Waals surface area contributed by atoms with Crippen LogP contribution >= 0.6 is 0 Å². The summed E-state index contributed by atoms with van der Waals surface area (Å²) in [7, 11) is 1.98. The Morgan fingerprint density at radius 3 is 2.44 bits per heavy atom. The topological polar surface area (TPSA) is 27.0 Å². The largest absolute Gasteiger partial charge is 0.289 e. The van der Waals surface area contributed by atoms with Crippen molar-refractivity contribution in [3.05, 3.63) is 35.4 Å². The zero-order valence-corrected chi connectivity index (χ0v) is 11.2. The van der Waals surface area contributed by atoms with Crippen LogP contribution < -0.4 is 0 Å². The van der Waals surface area contributed by atoms with Gasteiger partial charge < -0.3 is 0 Å². The Hall–Kier alpha value is -1.33. The lowest BCUT2D eigenvalue weighted by Crippen LogP contribution is -2.17. The molecule has 0 bridgehead atoms. The summed E-state index contributed by atoms with van der Waals surface area (Å²) in [6, 6.07) is 11.2. The van der Waals surface area contributed by atoms with E-state index in [1.165, 1.54) is 43.2 Å². The Labute approximate surface area is 110 Å². The van der Waals surface area contributed by atoms with Crippen LogP contribution in [0.2, 0.25) is 0 Å². The lowest BCUT2D eigenvalue weighted by atomic mass is 9.84. The minimum absolute atomic E-state index is 0.490. The Morgan fingerprint density at radius 2 is 1.83 bits per heavy atom. The molecule has 0 aromatic heterocycles. The summed E-state index contributed by atoms with van der Waals surface area (Å²) >= 11 is 0. The van der Waals surface area contributed by atoms with Gasteiger partial charge in [-0.25, -0.2) is 0 Å². The summed E-state index contributed by atoms with van der Waals surface area (Å²) < 4.78 is 0. The Balaban J connectivity index is 1.94. The van der Waals surface area contributed by atoms with E-state index in [0.717, 1.165) is 12.5 Å². The molecule has 2 heteroatoms. The summed E-state index contributed by atoms with van der Waals surface area (Å²) in [5.74, 6) is 0.782. The molecule has 1 aromatic rings. The molecule has 1 aliphatic carbocycles. The summed E-state index contributed by atoms with van der Waals surface area (Å²) in [4.78, 5) is 2.04. The van der Waals surface area contributed by atoms with Gasteiger partial charge in [0, 0.05) is 6.54 Å². The highest BCUT2D eigenvalue weighted by atomic mass is 15.1. The van der Waals surface area contributed by atoms with Crippen LogP contribution in [0.1, 0.15) is 49.1 Å². The van der Waals surface area contributed by atoms with Gasteiger partial charge in [0.15, 0.2) is 0 Å². The average molecular weight is 242 g/mol. The van der Waals surface area contributed by atoms with Crippen LogP contribution in [0.15, 0.2) is 24.3 Å². The maximum Gasteiger partial charge on any atom is 0.0866 e. The van der Waals surface area contributed by atoms with Gasteiger partial charge in [-0.1, -0.05) is 43.5 Å². The van der Waals surface area contributed by atoms with Gasteiger partial charge in [-0.05, 0) is 36.9 Å². The first kappa shape index (κ1) is 13.1. The molecule has 0 atom stereocenters. The Morgan fingerprint density at radius 1 is 1.17 bits per heavy atom. The molecule has 96 valence electrons. The summed E-state index contributed by atoms with van der Waals surface area (Å²) in [5, 5.41) is 8.64. The highest BCUT2D eigenvalue weighted by molar-refractivity contribution is 5.25. The number of nitrogens with zero attached hydrogens (tertiary/aromatic N) is 2. The molecule has 2 nitrogen and oxygen atoms in total. The third kappa shape index (κ3) is 3.58. The smallest absolute Gasteiger partial charge is 0.0866 e. The predicted octanol–water partition coefficient (Wildman–Crippen LogP) is 3.69. The van der Waals surface area contributed by atoms with E-state index >= 15 is 0 Å². The summed E-state index contributed by atoms with van der Waals surface area (Å²) in [5.41, 5.74) is 2.80. The fraction of sp³-hybridized carbons (Fsp3) is 0.562. The van der Waals surface area contributed by atoms with E-state index in [2.05, 4.69) is 30.3 Å². The van der Waals surface area contributed by atoms with E-state index in [0.29, 0.717) is 6.54 Å². The van der Waals surface area contributed by atoms with Crippen LogP contribution in [-0.2, 0) is 6.54 Å². The van der Waals surface area contributed by atoms with Crippen molar-refractivity contribution in [2.45, 2.75) is 44.6 Å². The van der Waals surface area contributed by atoms with Crippen molar-refractivity contribution in [2.75, 3.05) is 13.6 Å². The number of hydrogen-bond donors (Lipinski definition) is 0. The molecule has 0 heterocycles. The van der Waals surface area contributed by atoms with Crippen molar-refractivity contribution in [2.24, 2.45) is 0 Å². The van der Waals surface area contributed by atoms with Crippen LogP contribution in [0.4, 0.5) is 0 Å². The fourth-order valence-corrected chi connectivity index (χ4v) is 2.82. The normalized spacial score (nSPS) is 16.7. The molecular formula is C16H22N2. The van der Waals surface area contributed by atoms with E-state index in [1.807, 2.05) is 11.9 Å². The highest BCUT2D eigenvalue weighted by Crippen LogP contribution is 2.32. The molecule has 2 rings (SSSR count). The molecule has 0 N–H and O–H groups in total. The van der Waals surface area contributed by atoms with Crippen molar-refractivity contribution in [1.29, 1.82) is 5.26 Å². The Kier molecular flexibility index (Phi) is 4.78. The number of nitriles is 1. The van der Waals surface area contributed by atoms with Crippen LogP contribution in [0.25, 0.3) is 0 Å². The van der Waals surface area contributed by atoms with Crippen molar-refractivity contribution in [3.8, 4) is 6.07 Å². The van der Waals surface area contributed by atoms with Gasteiger partial charge in [-0.3, -0.25) is 4.90 Å². The van der Waals surface area contributed by atoms with Crippen LogP contribution in [-0.4, -0.2) is 18.5 Å². The van der Waals surface area contributed by atoms with Gasteiger partial charge in [-0.2, -0.15) is 5.26 Å². The van der Waals surface area contributed by atoms with Gasteiger partial charge in [0.25, 0.3) is 0 Å². The average Bonchev–Trinajstić information content (AvgIpc) is 2.41. The number of hydrogen-bond acceptors (Lipinski definition) is 2. The monoisotopic (exact) mass is 242 g/mol.